The molecule has 0 aromatic carbocycles. The smallest absolute Gasteiger partial charge is 0.370 e. The second kappa shape index (κ2) is 6.68. The number of aliphatic hydroxyl groups is 1. The molecule has 0 spiro atoms. The number of carbonyl (C=O) groups excluding carboxylic acids is 1. The van der Waals surface area contributed by atoms with Crippen molar-refractivity contribution in [1.82, 2.24) is 4.90 Å². The summed E-state index contributed by atoms with van der Waals surface area (Å²) in [5.41, 5.74) is 0. The van der Waals surface area contributed by atoms with Crippen molar-refractivity contribution in [3.63, 3.8) is 0 Å². The highest BCUT2D eigenvalue weighted by Gasteiger charge is 2.36. The number of aliphatic hydroxyl groups excluding tert-OH is 1. The van der Waals surface area contributed by atoms with Gasteiger partial charge in [-0.05, 0) is 13.8 Å². The zero-order chi connectivity index (χ0) is 12.8. The molecule has 16 heavy (non-hydrogen) atoms. The standard InChI is InChI=1S/C9H18NO5P/c1-5-14-16(13,15-6-2)8(7-11)9(12)10(3)4/h7,11H,5-6H2,1-4H3/b8-7-. The van der Waals surface area contributed by atoms with Crippen LogP contribution in [0.4, 0.5) is 0 Å². The third-order valence-electron chi connectivity index (χ3n) is 1.64. The summed E-state index contributed by atoms with van der Waals surface area (Å²) in [6.07, 6.45) is 0.481. The van der Waals surface area contributed by atoms with Crippen LogP contribution >= 0.6 is 7.60 Å². The van der Waals surface area contributed by atoms with Crippen LogP contribution in [0.5, 0.6) is 0 Å². The third-order valence-corrected chi connectivity index (χ3v) is 3.73. The van der Waals surface area contributed by atoms with Gasteiger partial charge in [-0.3, -0.25) is 9.36 Å². The number of carbonyl (C=O) groups is 1. The van der Waals surface area contributed by atoms with Crippen LogP contribution in [0.25, 0.3) is 0 Å². The first-order valence-electron chi connectivity index (χ1n) is 4.88. The molecule has 6 nitrogen and oxygen atoms in total. The SMILES string of the molecule is CCOP(=O)(OCC)/C(=C\O)C(=O)N(C)C. The van der Waals surface area contributed by atoms with Crippen molar-refractivity contribution in [2.45, 2.75) is 13.8 Å². The average Bonchev–Trinajstić information content (AvgIpc) is 2.18. The minimum atomic E-state index is -3.72. The van der Waals surface area contributed by atoms with E-state index in [9.17, 15) is 9.36 Å². The lowest BCUT2D eigenvalue weighted by Gasteiger charge is -2.20. The number of rotatable bonds is 6. The van der Waals surface area contributed by atoms with Crippen LogP contribution in [0.3, 0.4) is 0 Å². The zero-order valence-corrected chi connectivity index (χ0v) is 10.9. The molecule has 0 aliphatic rings. The van der Waals surface area contributed by atoms with E-state index in [1.807, 2.05) is 0 Å². The first-order chi connectivity index (χ1) is 7.42. The molecule has 0 saturated heterocycles. The number of amides is 1. The van der Waals surface area contributed by atoms with E-state index in [0.29, 0.717) is 6.26 Å². The second-order valence-corrected chi connectivity index (χ2v) is 5.04. The second-order valence-electron chi connectivity index (χ2n) is 3.05. The molecule has 1 amide bonds. The minimum Gasteiger partial charge on any atom is -0.514 e. The lowest BCUT2D eigenvalue weighted by Crippen LogP contribution is -2.24. The van der Waals surface area contributed by atoms with E-state index in [1.165, 1.54) is 19.0 Å². The van der Waals surface area contributed by atoms with E-state index in [-0.39, 0.29) is 18.5 Å². The molecule has 0 aliphatic heterocycles. The van der Waals surface area contributed by atoms with Crippen LogP contribution in [0.15, 0.2) is 11.6 Å². The summed E-state index contributed by atoms with van der Waals surface area (Å²) in [6.45, 7) is 3.49. The molecule has 0 bridgehead atoms. The van der Waals surface area contributed by atoms with Gasteiger partial charge in [0.25, 0.3) is 5.91 Å². The topological polar surface area (TPSA) is 76.1 Å². The van der Waals surface area contributed by atoms with Crippen molar-refractivity contribution < 1.29 is 23.5 Å². The Morgan fingerprint density at radius 2 is 1.75 bits per heavy atom. The van der Waals surface area contributed by atoms with Crippen molar-refractivity contribution in [2.24, 2.45) is 0 Å². The number of nitrogens with zero attached hydrogens (tertiary/aromatic N) is 1. The molecular weight excluding hydrogens is 233 g/mol. The van der Waals surface area contributed by atoms with Crippen molar-refractivity contribution in [3.8, 4) is 0 Å². The predicted molar refractivity (Wildman–Crippen MR) is 60.3 cm³/mol. The van der Waals surface area contributed by atoms with Crippen LogP contribution in [-0.2, 0) is 18.4 Å². The van der Waals surface area contributed by atoms with Crippen LogP contribution in [0.2, 0.25) is 0 Å². The Hall–Kier alpha value is -0.840. The van der Waals surface area contributed by atoms with Gasteiger partial charge in [-0.1, -0.05) is 0 Å². The van der Waals surface area contributed by atoms with Gasteiger partial charge in [0.15, 0.2) is 5.31 Å². The normalized spacial score (nSPS) is 12.6. The molecule has 0 heterocycles. The fourth-order valence-corrected chi connectivity index (χ4v) is 2.60. The molecule has 0 fully saturated rings. The molecule has 0 unspecified atom stereocenters. The maximum Gasteiger partial charge on any atom is 0.370 e. The highest BCUT2D eigenvalue weighted by Crippen LogP contribution is 2.56. The Kier molecular flexibility index (Phi) is 6.33. The van der Waals surface area contributed by atoms with Crippen LogP contribution in [-0.4, -0.2) is 43.2 Å². The zero-order valence-electron chi connectivity index (χ0n) is 9.97. The number of likely N-dealkylation sites (N-methyl/N-ethyl adjacent to an activating group) is 1. The van der Waals surface area contributed by atoms with Crippen molar-refractivity contribution in [2.75, 3.05) is 27.3 Å². The van der Waals surface area contributed by atoms with Gasteiger partial charge in [0, 0.05) is 14.1 Å². The Labute approximate surface area is 95.4 Å². The maximum atomic E-state index is 12.2. The van der Waals surface area contributed by atoms with Gasteiger partial charge in [-0.2, -0.15) is 0 Å². The molecule has 7 heteroatoms. The van der Waals surface area contributed by atoms with Gasteiger partial charge in [0.1, 0.15) is 6.26 Å². The quantitative estimate of drug-likeness (QED) is 0.442. The lowest BCUT2D eigenvalue weighted by atomic mass is 10.5. The Morgan fingerprint density at radius 3 is 2.00 bits per heavy atom. The van der Waals surface area contributed by atoms with Gasteiger partial charge >= 0.3 is 7.60 Å². The first kappa shape index (κ1) is 15.2. The molecule has 0 aliphatic carbocycles. The van der Waals surface area contributed by atoms with Crippen molar-refractivity contribution in [3.05, 3.63) is 11.6 Å². The molecular formula is C9H18NO5P. The highest BCUT2D eigenvalue weighted by atomic mass is 31.2. The van der Waals surface area contributed by atoms with Gasteiger partial charge in [0.05, 0.1) is 13.2 Å². The molecule has 0 aromatic heterocycles. The van der Waals surface area contributed by atoms with E-state index in [0.717, 1.165) is 0 Å². The Balaban J connectivity index is 5.17. The maximum absolute atomic E-state index is 12.2. The number of hydrogen-bond donors (Lipinski definition) is 1. The summed E-state index contributed by atoms with van der Waals surface area (Å²) in [6, 6.07) is 0. The van der Waals surface area contributed by atoms with Gasteiger partial charge < -0.3 is 19.1 Å². The van der Waals surface area contributed by atoms with E-state index < -0.39 is 13.5 Å². The van der Waals surface area contributed by atoms with Gasteiger partial charge in [-0.25, -0.2) is 0 Å². The fourth-order valence-electron chi connectivity index (χ4n) is 0.988. The molecule has 0 saturated carbocycles. The number of hydrogen-bond acceptors (Lipinski definition) is 5. The largest absolute Gasteiger partial charge is 0.514 e. The summed E-state index contributed by atoms with van der Waals surface area (Å²) < 4.78 is 22.1. The monoisotopic (exact) mass is 251 g/mol. The molecule has 0 rings (SSSR count). The summed E-state index contributed by atoms with van der Waals surface area (Å²) in [5, 5.41) is 8.63. The Morgan fingerprint density at radius 1 is 1.31 bits per heavy atom. The molecule has 0 atom stereocenters. The summed E-state index contributed by atoms with van der Waals surface area (Å²) >= 11 is 0. The fraction of sp³-hybridized carbons (Fsp3) is 0.667. The van der Waals surface area contributed by atoms with Crippen LogP contribution in [0.1, 0.15) is 13.8 Å². The van der Waals surface area contributed by atoms with E-state index in [2.05, 4.69) is 0 Å². The van der Waals surface area contributed by atoms with Gasteiger partial charge in [-0.15, -0.1) is 0 Å². The summed E-state index contributed by atoms with van der Waals surface area (Å²) in [7, 11) is -0.759. The van der Waals surface area contributed by atoms with Gasteiger partial charge in [0.2, 0.25) is 0 Å². The molecule has 0 aromatic rings. The first-order valence-corrected chi connectivity index (χ1v) is 6.42. The molecule has 1 N–H and O–H groups in total. The average molecular weight is 251 g/mol. The van der Waals surface area contributed by atoms with Crippen molar-refractivity contribution >= 4 is 13.5 Å². The van der Waals surface area contributed by atoms with E-state index >= 15 is 0 Å². The predicted octanol–water partition coefficient (Wildman–Crippen LogP) is 1.74. The molecule has 0 radical (unpaired) electrons. The van der Waals surface area contributed by atoms with Crippen LogP contribution in [0, 0.1) is 0 Å². The lowest BCUT2D eigenvalue weighted by molar-refractivity contribution is -0.124. The Bertz CT molecular complexity index is 303. The minimum absolute atomic E-state index is 0.120. The van der Waals surface area contributed by atoms with Crippen LogP contribution < -0.4 is 0 Å². The van der Waals surface area contributed by atoms with E-state index in [4.69, 9.17) is 14.2 Å². The summed E-state index contributed by atoms with van der Waals surface area (Å²) in [5.74, 6) is -0.604. The van der Waals surface area contributed by atoms with Crippen molar-refractivity contribution in [1.29, 1.82) is 0 Å². The van der Waals surface area contributed by atoms with E-state index in [1.54, 1.807) is 13.8 Å². The summed E-state index contributed by atoms with van der Waals surface area (Å²) in [4.78, 5) is 12.8. The highest BCUT2D eigenvalue weighted by molar-refractivity contribution is 7.60. The molecule has 94 valence electrons. The third kappa shape index (κ3) is 3.63.